The van der Waals surface area contributed by atoms with E-state index in [2.05, 4.69) is 15.6 Å². The molecule has 19 heavy (non-hydrogen) atoms. The van der Waals surface area contributed by atoms with Crippen molar-refractivity contribution in [2.24, 2.45) is 0 Å². The van der Waals surface area contributed by atoms with Gasteiger partial charge in [-0.2, -0.15) is 13.2 Å². The second kappa shape index (κ2) is 5.18. The van der Waals surface area contributed by atoms with E-state index in [0.29, 0.717) is 12.2 Å². The predicted molar refractivity (Wildman–Crippen MR) is 64.1 cm³/mol. The van der Waals surface area contributed by atoms with Crippen LogP contribution in [0.25, 0.3) is 5.69 Å². The number of nitrogens with one attached hydrogen (secondary N) is 1. The van der Waals surface area contributed by atoms with Crippen LogP contribution in [0.3, 0.4) is 0 Å². The molecule has 1 aromatic carbocycles. The van der Waals surface area contributed by atoms with Gasteiger partial charge in [0.05, 0.1) is 23.1 Å². The van der Waals surface area contributed by atoms with Crippen molar-refractivity contribution in [2.45, 2.75) is 12.7 Å². The van der Waals surface area contributed by atoms with Crippen LogP contribution in [0, 0.1) is 0 Å². The van der Waals surface area contributed by atoms with Crippen LogP contribution < -0.4 is 5.32 Å². The number of benzene rings is 1. The number of aromatic nitrogens is 3. The first kappa shape index (κ1) is 13.8. The molecule has 0 aliphatic heterocycles. The zero-order valence-corrected chi connectivity index (χ0v) is 10.6. The smallest absolute Gasteiger partial charge is 0.314 e. The Balaban J connectivity index is 2.58. The van der Waals surface area contributed by atoms with Crippen LogP contribution >= 0.6 is 11.6 Å². The van der Waals surface area contributed by atoms with Gasteiger partial charge in [0.1, 0.15) is 0 Å². The van der Waals surface area contributed by atoms with Crippen LogP contribution in [-0.4, -0.2) is 22.0 Å². The zero-order chi connectivity index (χ0) is 14.0. The summed E-state index contributed by atoms with van der Waals surface area (Å²) in [5, 5.41) is 10.2. The van der Waals surface area contributed by atoms with Crippen molar-refractivity contribution in [3.05, 3.63) is 40.7 Å². The molecule has 0 radical (unpaired) electrons. The van der Waals surface area contributed by atoms with Crippen LogP contribution in [-0.2, 0) is 12.7 Å². The van der Waals surface area contributed by atoms with Crippen molar-refractivity contribution in [1.82, 2.24) is 20.3 Å². The number of hydrogen-bond donors (Lipinski definition) is 1. The van der Waals surface area contributed by atoms with Gasteiger partial charge in [0.2, 0.25) is 0 Å². The summed E-state index contributed by atoms with van der Waals surface area (Å²) in [6.07, 6.45) is -3.10. The molecule has 1 heterocycles. The highest BCUT2D eigenvalue weighted by atomic mass is 35.5. The van der Waals surface area contributed by atoms with Crippen LogP contribution in [0.5, 0.6) is 0 Å². The first-order valence-electron chi connectivity index (χ1n) is 5.35. The highest BCUT2D eigenvalue weighted by molar-refractivity contribution is 6.30. The fraction of sp³-hybridized carbons (Fsp3) is 0.273. The second-order valence-electron chi connectivity index (χ2n) is 3.83. The topological polar surface area (TPSA) is 42.7 Å². The summed E-state index contributed by atoms with van der Waals surface area (Å²) in [5.41, 5.74) is -0.419. The fourth-order valence-electron chi connectivity index (χ4n) is 1.68. The van der Waals surface area contributed by atoms with E-state index in [1.165, 1.54) is 18.3 Å². The van der Waals surface area contributed by atoms with E-state index in [9.17, 15) is 13.2 Å². The lowest BCUT2D eigenvalue weighted by molar-refractivity contribution is -0.137. The molecule has 0 saturated heterocycles. The number of nitrogens with zero attached hydrogens (tertiary/aromatic N) is 3. The number of halogens is 4. The van der Waals surface area contributed by atoms with Crippen molar-refractivity contribution in [3.8, 4) is 5.69 Å². The van der Waals surface area contributed by atoms with Crippen molar-refractivity contribution in [3.63, 3.8) is 0 Å². The molecule has 1 aromatic heterocycles. The summed E-state index contributed by atoms with van der Waals surface area (Å²) in [4.78, 5) is 0. The Morgan fingerprint density at radius 3 is 2.74 bits per heavy atom. The van der Waals surface area contributed by atoms with Crippen LogP contribution in [0.2, 0.25) is 5.02 Å². The third kappa shape index (κ3) is 2.87. The van der Waals surface area contributed by atoms with E-state index < -0.39 is 11.7 Å². The van der Waals surface area contributed by atoms with Gasteiger partial charge in [0.15, 0.2) is 0 Å². The maximum atomic E-state index is 13.0. The molecule has 2 rings (SSSR count). The van der Waals surface area contributed by atoms with Crippen molar-refractivity contribution in [1.29, 1.82) is 0 Å². The Hall–Kier alpha value is -1.60. The lowest BCUT2D eigenvalue weighted by Crippen LogP contribution is -2.15. The van der Waals surface area contributed by atoms with Gasteiger partial charge in [-0.3, -0.25) is 0 Å². The average molecular weight is 291 g/mol. The van der Waals surface area contributed by atoms with Gasteiger partial charge in [-0.25, -0.2) is 4.68 Å². The summed E-state index contributed by atoms with van der Waals surface area (Å²) >= 11 is 5.63. The van der Waals surface area contributed by atoms with Crippen LogP contribution in [0.15, 0.2) is 24.4 Å². The molecule has 0 aliphatic carbocycles. The molecular weight excluding hydrogens is 281 g/mol. The van der Waals surface area contributed by atoms with E-state index in [1.54, 1.807) is 7.05 Å². The molecular formula is C11H10ClF3N4. The van der Waals surface area contributed by atoms with E-state index in [1.807, 2.05) is 0 Å². The number of alkyl halides is 3. The minimum atomic E-state index is -4.51. The minimum absolute atomic E-state index is 0.0198. The molecule has 0 spiro atoms. The fourth-order valence-corrected chi connectivity index (χ4v) is 1.85. The standard InChI is InChI=1S/C11H10ClF3N4/c1-16-5-8-6-17-18-19(8)10-3-2-7(12)4-9(10)11(13,14)15/h2-4,6,16H,5H2,1H3. The molecule has 8 heteroatoms. The molecule has 102 valence electrons. The summed E-state index contributed by atoms with van der Waals surface area (Å²) in [6.45, 7) is 0.354. The Morgan fingerprint density at radius 1 is 1.37 bits per heavy atom. The van der Waals surface area contributed by atoms with Crippen LogP contribution in [0.4, 0.5) is 13.2 Å². The van der Waals surface area contributed by atoms with Crippen molar-refractivity contribution >= 4 is 11.6 Å². The summed E-state index contributed by atoms with van der Waals surface area (Å²) in [7, 11) is 1.68. The van der Waals surface area contributed by atoms with Gasteiger partial charge in [-0.05, 0) is 25.2 Å². The molecule has 2 aromatic rings. The van der Waals surface area contributed by atoms with Crippen LogP contribution in [0.1, 0.15) is 11.3 Å². The number of hydrogen-bond acceptors (Lipinski definition) is 3. The normalized spacial score (nSPS) is 11.8. The molecule has 0 amide bonds. The molecule has 1 N–H and O–H groups in total. The van der Waals surface area contributed by atoms with E-state index >= 15 is 0 Å². The van der Waals surface area contributed by atoms with Crippen molar-refractivity contribution in [2.75, 3.05) is 7.05 Å². The lowest BCUT2D eigenvalue weighted by atomic mass is 10.1. The van der Waals surface area contributed by atoms with Gasteiger partial charge in [0.25, 0.3) is 0 Å². The summed E-state index contributed by atoms with van der Waals surface area (Å²) < 4.78 is 40.2. The van der Waals surface area contributed by atoms with Crippen molar-refractivity contribution < 1.29 is 13.2 Å². The van der Waals surface area contributed by atoms with Gasteiger partial charge in [0, 0.05) is 11.6 Å². The summed E-state index contributed by atoms with van der Waals surface area (Å²) in [6, 6.07) is 3.54. The van der Waals surface area contributed by atoms with Gasteiger partial charge >= 0.3 is 6.18 Å². The largest absolute Gasteiger partial charge is 0.418 e. The third-order valence-corrected chi connectivity index (χ3v) is 2.71. The first-order valence-corrected chi connectivity index (χ1v) is 5.72. The zero-order valence-electron chi connectivity index (χ0n) is 9.87. The quantitative estimate of drug-likeness (QED) is 0.945. The molecule has 0 aliphatic rings. The maximum absolute atomic E-state index is 13.0. The summed E-state index contributed by atoms with van der Waals surface area (Å²) in [5.74, 6) is 0. The maximum Gasteiger partial charge on any atom is 0.418 e. The minimum Gasteiger partial charge on any atom is -0.314 e. The highest BCUT2D eigenvalue weighted by Gasteiger charge is 2.35. The Labute approximate surface area is 112 Å². The van der Waals surface area contributed by atoms with Gasteiger partial charge in [-0.15, -0.1) is 5.10 Å². The predicted octanol–water partition coefficient (Wildman–Crippen LogP) is 2.66. The highest BCUT2D eigenvalue weighted by Crippen LogP contribution is 2.35. The third-order valence-electron chi connectivity index (χ3n) is 2.47. The molecule has 0 unspecified atom stereocenters. The lowest BCUT2D eigenvalue weighted by Gasteiger charge is -2.14. The van der Waals surface area contributed by atoms with Gasteiger partial charge < -0.3 is 5.32 Å². The Bertz CT molecular complexity index is 580. The Morgan fingerprint density at radius 2 is 2.11 bits per heavy atom. The van der Waals surface area contributed by atoms with E-state index in [4.69, 9.17) is 11.6 Å². The second-order valence-corrected chi connectivity index (χ2v) is 4.26. The molecule has 0 saturated carbocycles. The molecule has 0 fully saturated rings. The first-order chi connectivity index (χ1) is 8.93. The monoisotopic (exact) mass is 290 g/mol. The molecule has 0 bridgehead atoms. The average Bonchev–Trinajstić information content (AvgIpc) is 2.76. The van der Waals surface area contributed by atoms with E-state index in [0.717, 1.165) is 10.7 Å². The van der Waals surface area contributed by atoms with Gasteiger partial charge in [-0.1, -0.05) is 16.8 Å². The molecule has 4 nitrogen and oxygen atoms in total. The van der Waals surface area contributed by atoms with E-state index in [-0.39, 0.29) is 10.7 Å². The molecule has 0 atom stereocenters. The Kier molecular flexibility index (Phi) is 3.77. The SMILES string of the molecule is CNCc1cnnn1-c1ccc(Cl)cc1C(F)(F)F. The number of rotatable bonds is 3.